The molecule has 6 rings (SSSR count). The number of rotatable bonds is 6. The van der Waals surface area contributed by atoms with Crippen molar-refractivity contribution in [1.29, 1.82) is 5.41 Å². The molecule has 9 heteroatoms. The number of ether oxygens (including phenoxy) is 1. The maximum Gasteiger partial charge on any atom is 0.227 e. The number of likely N-dealkylation sites (N-methyl/N-ethyl adjacent to an activating group) is 1. The second-order valence-electron chi connectivity index (χ2n) is 10.9. The van der Waals surface area contributed by atoms with Gasteiger partial charge < -0.3 is 29.2 Å². The average molecular weight is 527 g/mol. The normalized spacial score (nSPS) is 17.8. The molecule has 0 atom stereocenters. The molecule has 1 aromatic heterocycles. The molecule has 1 N–H and O–H groups in total. The molecule has 0 bridgehead atoms. The zero-order chi connectivity index (χ0) is 27.1. The number of anilines is 3. The van der Waals surface area contributed by atoms with E-state index in [-0.39, 0.29) is 0 Å². The van der Waals surface area contributed by atoms with Crippen LogP contribution in [0.15, 0.2) is 49.1 Å². The molecule has 3 aromatic rings. The standard InChI is InChI=1S/C30H38N8O/c1-5-28(31)35-12-14-36(15-13-35)29-25-10-11-37(27-17-23(39-4)16-21-8-6-7-9-24(21)27)20-26(25)32-30(33-29)38-18-22(19-38)34(2)3/h5-9,16-17,22,31H,1,10-15,18-20H2,2-4H3. The molecule has 2 saturated heterocycles. The summed E-state index contributed by atoms with van der Waals surface area (Å²) in [5.74, 6) is 3.28. The van der Waals surface area contributed by atoms with Crippen LogP contribution in [0.5, 0.6) is 5.75 Å². The van der Waals surface area contributed by atoms with Crippen molar-refractivity contribution < 1.29 is 4.74 Å². The minimum atomic E-state index is 0.497. The van der Waals surface area contributed by atoms with Crippen LogP contribution in [-0.4, -0.2) is 98.7 Å². The molecule has 2 aromatic carbocycles. The maximum absolute atomic E-state index is 8.16. The van der Waals surface area contributed by atoms with Gasteiger partial charge in [-0.25, -0.2) is 4.98 Å². The molecule has 3 aliphatic heterocycles. The van der Waals surface area contributed by atoms with Crippen molar-refractivity contribution in [2.75, 3.05) is 81.7 Å². The van der Waals surface area contributed by atoms with Crippen LogP contribution in [0, 0.1) is 5.41 Å². The lowest BCUT2D eigenvalue weighted by Gasteiger charge is -2.44. The van der Waals surface area contributed by atoms with Crippen LogP contribution in [0.25, 0.3) is 10.8 Å². The number of methoxy groups -OCH3 is 1. The van der Waals surface area contributed by atoms with Crippen LogP contribution in [0.2, 0.25) is 0 Å². The van der Waals surface area contributed by atoms with Crippen LogP contribution in [0.4, 0.5) is 17.5 Å². The Hall–Kier alpha value is -3.85. The number of amidine groups is 1. The summed E-state index contributed by atoms with van der Waals surface area (Å²) in [5.41, 5.74) is 3.56. The average Bonchev–Trinajstić information content (AvgIpc) is 2.94. The van der Waals surface area contributed by atoms with E-state index in [2.05, 4.69) is 81.6 Å². The summed E-state index contributed by atoms with van der Waals surface area (Å²) in [6.07, 6.45) is 2.52. The third kappa shape index (κ3) is 4.76. The second-order valence-corrected chi connectivity index (χ2v) is 10.9. The summed E-state index contributed by atoms with van der Waals surface area (Å²) in [5, 5.41) is 10.6. The molecule has 0 radical (unpaired) electrons. The molecule has 204 valence electrons. The van der Waals surface area contributed by atoms with Crippen LogP contribution in [0.3, 0.4) is 0 Å². The van der Waals surface area contributed by atoms with Gasteiger partial charge in [0.2, 0.25) is 5.95 Å². The van der Waals surface area contributed by atoms with E-state index in [4.69, 9.17) is 20.1 Å². The molecule has 9 nitrogen and oxygen atoms in total. The van der Waals surface area contributed by atoms with Crippen LogP contribution >= 0.6 is 0 Å². The molecule has 0 unspecified atom stereocenters. The van der Waals surface area contributed by atoms with Crippen molar-refractivity contribution in [3.05, 3.63) is 60.3 Å². The van der Waals surface area contributed by atoms with Gasteiger partial charge in [0, 0.05) is 74.6 Å². The van der Waals surface area contributed by atoms with Crippen LogP contribution in [0.1, 0.15) is 11.3 Å². The molecular formula is C30H38N8O. The molecule has 0 spiro atoms. The molecule has 0 amide bonds. The van der Waals surface area contributed by atoms with E-state index in [0.717, 1.165) is 82.0 Å². The Morgan fingerprint density at radius 2 is 1.79 bits per heavy atom. The highest BCUT2D eigenvalue weighted by Crippen LogP contribution is 2.37. The van der Waals surface area contributed by atoms with Gasteiger partial charge in [-0.3, -0.25) is 5.41 Å². The van der Waals surface area contributed by atoms with Crippen molar-refractivity contribution in [1.82, 2.24) is 19.8 Å². The van der Waals surface area contributed by atoms with Gasteiger partial charge in [-0.1, -0.05) is 30.8 Å². The first-order chi connectivity index (χ1) is 18.9. The van der Waals surface area contributed by atoms with Gasteiger partial charge in [0.25, 0.3) is 0 Å². The Balaban J connectivity index is 1.34. The van der Waals surface area contributed by atoms with Gasteiger partial charge in [-0.15, -0.1) is 0 Å². The van der Waals surface area contributed by atoms with Gasteiger partial charge >= 0.3 is 0 Å². The number of nitrogens with one attached hydrogen (secondary N) is 1. The minimum absolute atomic E-state index is 0.497. The van der Waals surface area contributed by atoms with E-state index in [1.807, 2.05) is 0 Å². The molecule has 39 heavy (non-hydrogen) atoms. The predicted molar refractivity (Wildman–Crippen MR) is 159 cm³/mol. The van der Waals surface area contributed by atoms with Crippen molar-refractivity contribution in [2.24, 2.45) is 0 Å². The number of fused-ring (bicyclic) bond motifs is 2. The van der Waals surface area contributed by atoms with E-state index < -0.39 is 0 Å². The smallest absolute Gasteiger partial charge is 0.227 e. The number of benzene rings is 2. The fourth-order valence-electron chi connectivity index (χ4n) is 5.88. The van der Waals surface area contributed by atoms with Gasteiger partial charge in [-0.2, -0.15) is 4.98 Å². The van der Waals surface area contributed by atoms with Crippen molar-refractivity contribution in [3.8, 4) is 5.75 Å². The van der Waals surface area contributed by atoms with E-state index >= 15 is 0 Å². The Kier molecular flexibility index (Phi) is 6.76. The minimum Gasteiger partial charge on any atom is -0.497 e. The Labute approximate surface area is 230 Å². The third-order valence-electron chi connectivity index (χ3n) is 8.41. The van der Waals surface area contributed by atoms with E-state index in [0.29, 0.717) is 11.9 Å². The zero-order valence-corrected chi connectivity index (χ0v) is 23.2. The van der Waals surface area contributed by atoms with Crippen molar-refractivity contribution in [3.63, 3.8) is 0 Å². The molecular weight excluding hydrogens is 488 g/mol. The number of nitrogens with zero attached hydrogens (tertiary/aromatic N) is 7. The van der Waals surface area contributed by atoms with Gasteiger partial charge in [0.15, 0.2) is 0 Å². The quantitative estimate of drug-likeness (QED) is 0.388. The lowest BCUT2D eigenvalue weighted by Crippen LogP contribution is -2.58. The molecule has 0 aliphatic carbocycles. The number of aromatic nitrogens is 2. The summed E-state index contributed by atoms with van der Waals surface area (Å²) in [7, 11) is 6.01. The Morgan fingerprint density at radius 1 is 1.03 bits per heavy atom. The summed E-state index contributed by atoms with van der Waals surface area (Å²) < 4.78 is 5.66. The fraction of sp³-hybridized carbons (Fsp3) is 0.433. The zero-order valence-electron chi connectivity index (χ0n) is 23.2. The highest BCUT2D eigenvalue weighted by molar-refractivity contribution is 5.96. The Bertz CT molecular complexity index is 1390. The van der Waals surface area contributed by atoms with E-state index in [9.17, 15) is 0 Å². The number of piperazine rings is 1. The summed E-state index contributed by atoms with van der Waals surface area (Å²) in [4.78, 5) is 21.9. The second kappa shape index (κ2) is 10.4. The van der Waals surface area contributed by atoms with Gasteiger partial charge in [0.1, 0.15) is 17.4 Å². The molecule has 3 aliphatic rings. The topological polar surface area (TPSA) is 75.1 Å². The van der Waals surface area contributed by atoms with Crippen LogP contribution < -0.4 is 19.4 Å². The van der Waals surface area contributed by atoms with Gasteiger partial charge in [0.05, 0.1) is 19.3 Å². The fourth-order valence-corrected chi connectivity index (χ4v) is 5.88. The molecule has 0 saturated carbocycles. The SMILES string of the molecule is C=CC(=N)N1CCN(c2nc(N3CC(N(C)C)C3)nc3c2CCN(c2cc(OC)cc4ccccc24)C3)CC1. The maximum atomic E-state index is 8.16. The van der Waals surface area contributed by atoms with Crippen LogP contribution in [-0.2, 0) is 13.0 Å². The summed E-state index contributed by atoms with van der Waals surface area (Å²) in [6, 6.07) is 13.3. The summed E-state index contributed by atoms with van der Waals surface area (Å²) in [6.45, 7) is 10.6. The van der Waals surface area contributed by atoms with Gasteiger partial charge in [-0.05, 0) is 38.0 Å². The third-order valence-corrected chi connectivity index (χ3v) is 8.41. The highest BCUT2D eigenvalue weighted by atomic mass is 16.5. The monoisotopic (exact) mass is 526 g/mol. The van der Waals surface area contributed by atoms with E-state index in [1.54, 1.807) is 13.2 Å². The largest absolute Gasteiger partial charge is 0.497 e. The number of hydrogen-bond acceptors (Lipinski definition) is 8. The van der Waals surface area contributed by atoms with Crippen molar-refractivity contribution in [2.45, 2.75) is 19.0 Å². The lowest BCUT2D eigenvalue weighted by atomic mass is 10.0. The predicted octanol–water partition coefficient (Wildman–Crippen LogP) is 3.24. The highest BCUT2D eigenvalue weighted by Gasteiger charge is 2.34. The van der Waals surface area contributed by atoms with Crippen molar-refractivity contribution >= 4 is 34.1 Å². The first-order valence-corrected chi connectivity index (χ1v) is 13.8. The molecule has 4 heterocycles. The summed E-state index contributed by atoms with van der Waals surface area (Å²) >= 11 is 0. The first kappa shape index (κ1) is 25.4. The lowest BCUT2D eigenvalue weighted by molar-refractivity contribution is 0.245. The molecule has 2 fully saturated rings. The van der Waals surface area contributed by atoms with E-state index in [1.165, 1.54) is 22.0 Å². The number of hydrogen-bond donors (Lipinski definition) is 1. The first-order valence-electron chi connectivity index (χ1n) is 13.8. The Morgan fingerprint density at radius 3 is 2.51 bits per heavy atom.